The molecule has 0 amide bonds. The van der Waals surface area contributed by atoms with E-state index in [0.29, 0.717) is 19.3 Å². The minimum atomic E-state index is -0.823. The van der Waals surface area contributed by atoms with Crippen LogP contribution in [0.25, 0.3) is 0 Å². The second kappa shape index (κ2) is 63.3. The largest absolute Gasteiger partial charge is 0.462 e. The summed E-state index contributed by atoms with van der Waals surface area (Å²) in [6.07, 6.45) is 93.7. The number of ether oxygens (including phenoxy) is 3. The van der Waals surface area contributed by atoms with Gasteiger partial charge < -0.3 is 14.2 Å². The molecule has 0 heterocycles. The lowest BCUT2D eigenvalue weighted by Gasteiger charge is -2.18. The number of unbranched alkanes of at least 4 members (excludes halogenated alkanes) is 14. The van der Waals surface area contributed by atoms with Crippen LogP contribution in [-0.2, 0) is 28.6 Å². The monoisotopic (exact) mass is 1060 g/mol. The van der Waals surface area contributed by atoms with E-state index in [9.17, 15) is 14.4 Å². The molecule has 0 radical (unpaired) electrons. The maximum Gasteiger partial charge on any atom is 0.306 e. The molecule has 0 aliphatic rings. The third-order valence-corrected chi connectivity index (χ3v) is 12.2. The number of allylic oxidation sites excluding steroid dienone is 28. The van der Waals surface area contributed by atoms with E-state index < -0.39 is 6.10 Å². The lowest BCUT2D eigenvalue weighted by Crippen LogP contribution is -2.30. The number of hydrogen-bond acceptors (Lipinski definition) is 6. The SMILES string of the molecule is CC/C=C\C/C=C\C/C=C\C/C=C\C/C=C\C/C=C\C/C=C\CCCCCCCCCCCC(=O)OCC(COC(=O)CCCCC/C=C\C/C=C\C/C=C\CC)OC(=O)CCCC/C=C\C/C=C\C/C=C\C/C=C\CC. The summed E-state index contributed by atoms with van der Waals surface area (Å²) in [6, 6.07) is 0. The van der Waals surface area contributed by atoms with Gasteiger partial charge in [-0.1, -0.05) is 242 Å². The Morgan fingerprint density at radius 3 is 0.766 bits per heavy atom. The van der Waals surface area contributed by atoms with Crippen molar-refractivity contribution in [3.63, 3.8) is 0 Å². The fraction of sp³-hybridized carbons (Fsp3) is 0.563. The molecule has 0 saturated carbocycles. The summed E-state index contributed by atoms with van der Waals surface area (Å²) in [4.78, 5) is 38.2. The van der Waals surface area contributed by atoms with E-state index in [-0.39, 0.29) is 37.5 Å². The van der Waals surface area contributed by atoms with Crippen LogP contribution in [0.2, 0.25) is 0 Å². The average Bonchev–Trinajstić information content (AvgIpc) is 3.43. The Morgan fingerprint density at radius 2 is 0.468 bits per heavy atom. The van der Waals surface area contributed by atoms with Gasteiger partial charge in [-0.2, -0.15) is 0 Å². The maximum atomic E-state index is 12.8. The molecule has 0 aromatic heterocycles. The predicted molar refractivity (Wildman–Crippen MR) is 334 cm³/mol. The summed E-state index contributed by atoms with van der Waals surface area (Å²) < 4.78 is 16.8. The van der Waals surface area contributed by atoms with E-state index in [1.165, 1.54) is 38.5 Å². The quantitative estimate of drug-likeness (QED) is 0.0261. The first-order valence-corrected chi connectivity index (χ1v) is 30.6. The molecule has 0 saturated heterocycles. The van der Waals surface area contributed by atoms with Gasteiger partial charge in [0.25, 0.3) is 0 Å². The molecule has 1 unspecified atom stereocenters. The lowest BCUT2D eigenvalue weighted by molar-refractivity contribution is -0.167. The highest BCUT2D eigenvalue weighted by atomic mass is 16.6. The molecule has 0 N–H and O–H groups in total. The molecule has 0 fully saturated rings. The van der Waals surface area contributed by atoms with Crippen LogP contribution < -0.4 is 0 Å². The lowest BCUT2D eigenvalue weighted by atomic mass is 10.1. The van der Waals surface area contributed by atoms with Gasteiger partial charge in [-0.05, 0) is 148 Å². The van der Waals surface area contributed by atoms with Crippen molar-refractivity contribution in [1.82, 2.24) is 0 Å². The van der Waals surface area contributed by atoms with Gasteiger partial charge in [0.1, 0.15) is 13.2 Å². The van der Waals surface area contributed by atoms with Crippen LogP contribution in [0.1, 0.15) is 239 Å². The van der Waals surface area contributed by atoms with Gasteiger partial charge in [-0.3, -0.25) is 14.4 Å². The van der Waals surface area contributed by atoms with Crippen LogP contribution in [-0.4, -0.2) is 37.2 Å². The first-order chi connectivity index (χ1) is 38.0. The highest BCUT2D eigenvalue weighted by Crippen LogP contribution is 2.14. The summed E-state index contributed by atoms with van der Waals surface area (Å²) >= 11 is 0. The minimum absolute atomic E-state index is 0.115. The van der Waals surface area contributed by atoms with Gasteiger partial charge in [0, 0.05) is 19.3 Å². The fourth-order valence-electron chi connectivity index (χ4n) is 7.72. The zero-order valence-electron chi connectivity index (χ0n) is 49.1. The van der Waals surface area contributed by atoms with Gasteiger partial charge in [0.15, 0.2) is 6.10 Å². The Labute approximate surface area is 472 Å². The van der Waals surface area contributed by atoms with Crippen molar-refractivity contribution < 1.29 is 28.6 Å². The van der Waals surface area contributed by atoms with Crippen molar-refractivity contribution in [3.05, 3.63) is 170 Å². The summed E-state index contributed by atoms with van der Waals surface area (Å²) in [5.41, 5.74) is 0. The molecule has 0 aromatic carbocycles. The molecule has 0 aliphatic carbocycles. The molecule has 0 bridgehead atoms. The molecular weight excluding hydrogens is 949 g/mol. The summed E-state index contributed by atoms with van der Waals surface area (Å²) in [7, 11) is 0. The molecule has 77 heavy (non-hydrogen) atoms. The first-order valence-electron chi connectivity index (χ1n) is 30.6. The Kier molecular flexibility index (Phi) is 59.0. The van der Waals surface area contributed by atoms with Crippen LogP contribution in [0, 0.1) is 0 Å². The van der Waals surface area contributed by atoms with Gasteiger partial charge in [0.05, 0.1) is 0 Å². The first kappa shape index (κ1) is 71.8. The van der Waals surface area contributed by atoms with Crippen LogP contribution in [0.3, 0.4) is 0 Å². The molecule has 0 aliphatic heterocycles. The van der Waals surface area contributed by atoms with Gasteiger partial charge in [-0.15, -0.1) is 0 Å². The van der Waals surface area contributed by atoms with Crippen LogP contribution in [0.5, 0.6) is 0 Å². The van der Waals surface area contributed by atoms with Gasteiger partial charge >= 0.3 is 17.9 Å². The Bertz CT molecular complexity index is 1790. The normalized spacial score (nSPS) is 13.3. The number of carbonyl (C=O) groups is 3. The van der Waals surface area contributed by atoms with E-state index >= 15 is 0 Å². The summed E-state index contributed by atoms with van der Waals surface area (Å²) in [5.74, 6) is -1.00. The van der Waals surface area contributed by atoms with E-state index in [2.05, 4.69) is 191 Å². The predicted octanol–water partition coefficient (Wildman–Crippen LogP) is 21.1. The molecule has 6 heteroatoms. The van der Waals surface area contributed by atoms with Crippen molar-refractivity contribution >= 4 is 17.9 Å². The van der Waals surface area contributed by atoms with Crippen molar-refractivity contribution in [1.29, 1.82) is 0 Å². The highest BCUT2D eigenvalue weighted by Gasteiger charge is 2.19. The van der Waals surface area contributed by atoms with Gasteiger partial charge in [0.2, 0.25) is 0 Å². The topological polar surface area (TPSA) is 78.9 Å². The Morgan fingerprint density at radius 1 is 0.260 bits per heavy atom. The minimum Gasteiger partial charge on any atom is -0.462 e. The van der Waals surface area contributed by atoms with Crippen molar-refractivity contribution in [2.24, 2.45) is 0 Å². The Balaban J connectivity index is 4.35. The number of carbonyl (C=O) groups excluding carboxylic acids is 3. The third kappa shape index (κ3) is 61.5. The second-order valence-electron chi connectivity index (χ2n) is 19.5. The van der Waals surface area contributed by atoms with Gasteiger partial charge in [-0.25, -0.2) is 0 Å². The zero-order valence-corrected chi connectivity index (χ0v) is 49.1. The zero-order chi connectivity index (χ0) is 55.7. The van der Waals surface area contributed by atoms with Crippen molar-refractivity contribution in [2.45, 2.75) is 245 Å². The third-order valence-electron chi connectivity index (χ3n) is 12.2. The van der Waals surface area contributed by atoms with Crippen LogP contribution >= 0.6 is 0 Å². The molecule has 1 atom stereocenters. The van der Waals surface area contributed by atoms with E-state index in [1.54, 1.807) is 0 Å². The molecule has 6 nitrogen and oxygen atoms in total. The second-order valence-corrected chi connectivity index (χ2v) is 19.5. The molecular formula is C71H110O6. The Hall–Kier alpha value is -5.23. The van der Waals surface area contributed by atoms with Crippen LogP contribution in [0.15, 0.2) is 170 Å². The van der Waals surface area contributed by atoms with E-state index in [4.69, 9.17) is 14.2 Å². The molecule has 0 aromatic rings. The smallest absolute Gasteiger partial charge is 0.306 e. The molecule has 430 valence electrons. The molecule has 0 spiro atoms. The van der Waals surface area contributed by atoms with E-state index in [1.807, 2.05) is 0 Å². The standard InChI is InChI=1S/C71H110O6/c1-4-7-10-13-16-19-22-25-27-28-29-30-31-32-33-34-35-36-37-38-39-40-41-42-44-46-49-52-55-58-61-64-70(73)76-67-68(66-75-69(72)63-60-57-54-51-48-45-24-21-18-15-12-9-6-3)77-71(74)65-62-59-56-53-50-47-43-26-23-20-17-14-11-8-5-2/h7-12,16-21,25-27,29-30,32-33,35-36,38-39,43,45,48,50,53,68H,4-6,13-15,22-24,28,31,34,37,40-42,44,46-47,49,51-52,54-67H2,1-3H3/b10-7-,11-8-,12-9-,19-16-,20-17-,21-18-,27-25-,30-29-,33-32-,36-35-,39-38-,43-26-,48-45-,53-50-. The maximum absolute atomic E-state index is 12.8. The summed E-state index contributed by atoms with van der Waals surface area (Å²) in [6.45, 7) is 6.21. The number of esters is 3. The average molecular weight is 1060 g/mol. The molecule has 0 rings (SSSR count). The van der Waals surface area contributed by atoms with E-state index in [0.717, 1.165) is 154 Å². The van der Waals surface area contributed by atoms with Crippen molar-refractivity contribution in [2.75, 3.05) is 13.2 Å². The van der Waals surface area contributed by atoms with Crippen molar-refractivity contribution in [3.8, 4) is 0 Å². The number of hydrogen-bond donors (Lipinski definition) is 0. The number of rotatable bonds is 53. The summed E-state index contributed by atoms with van der Waals surface area (Å²) in [5, 5.41) is 0. The fourth-order valence-corrected chi connectivity index (χ4v) is 7.72. The highest BCUT2D eigenvalue weighted by molar-refractivity contribution is 5.71. The van der Waals surface area contributed by atoms with Crippen LogP contribution in [0.4, 0.5) is 0 Å².